The number of amides is 1. The summed E-state index contributed by atoms with van der Waals surface area (Å²) in [6, 6.07) is 6.62. The molecular formula is C20H25FN2O. The fourth-order valence-electron chi connectivity index (χ4n) is 3.85. The maximum atomic E-state index is 13.8. The Morgan fingerprint density at radius 1 is 1.21 bits per heavy atom. The normalized spacial score (nSPS) is 15.6. The molecule has 3 rings (SSSR count). The number of hydrogen-bond acceptors (Lipinski definition) is 1. The van der Waals surface area contributed by atoms with Gasteiger partial charge in [-0.1, -0.05) is 25.3 Å². The van der Waals surface area contributed by atoms with E-state index < -0.39 is 5.91 Å². The summed E-state index contributed by atoms with van der Waals surface area (Å²) in [6.07, 6.45) is 6.27. The van der Waals surface area contributed by atoms with Gasteiger partial charge >= 0.3 is 0 Å². The number of rotatable bonds is 4. The predicted octanol–water partition coefficient (Wildman–Crippen LogP) is 4.59. The van der Waals surface area contributed by atoms with E-state index in [1.54, 1.807) is 12.1 Å². The first-order valence-electron chi connectivity index (χ1n) is 8.74. The fourth-order valence-corrected chi connectivity index (χ4v) is 3.85. The molecule has 0 atom stereocenters. The van der Waals surface area contributed by atoms with Crippen molar-refractivity contribution in [2.24, 2.45) is 11.7 Å². The largest absolute Gasteiger partial charge is 0.366 e. The molecule has 1 fully saturated rings. The maximum absolute atomic E-state index is 13.8. The smallest absolute Gasteiger partial charge is 0.250 e. The first-order valence-corrected chi connectivity index (χ1v) is 8.74. The van der Waals surface area contributed by atoms with E-state index in [2.05, 4.69) is 4.57 Å². The second kappa shape index (κ2) is 6.80. The lowest BCUT2D eigenvalue weighted by Gasteiger charge is -2.24. The first kappa shape index (κ1) is 16.7. The van der Waals surface area contributed by atoms with E-state index in [1.807, 2.05) is 19.9 Å². The highest BCUT2D eigenvalue weighted by Crippen LogP contribution is 2.32. The first-order chi connectivity index (χ1) is 11.5. The Morgan fingerprint density at radius 3 is 2.58 bits per heavy atom. The van der Waals surface area contributed by atoms with Crippen LogP contribution in [0.3, 0.4) is 0 Å². The Bertz CT molecular complexity index is 757. The molecule has 1 heterocycles. The summed E-state index contributed by atoms with van der Waals surface area (Å²) >= 11 is 0. The van der Waals surface area contributed by atoms with Gasteiger partial charge in [-0.15, -0.1) is 0 Å². The van der Waals surface area contributed by atoms with Crippen molar-refractivity contribution in [2.75, 3.05) is 0 Å². The Hall–Kier alpha value is -2.10. The van der Waals surface area contributed by atoms with Crippen molar-refractivity contribution >= 4 is 5.91 Å². The highest BCUT2D eigenvalue weighted by atomic mass is 19.1. The lowest BCUT2D eigenvalue weighted by molar-refractivity contribution is 0.0999. The lowest BCUT2D eigenvalue weighted by Crippen LogP contribution is -2.17. The molecule has 128 valence electrons. The number of benzene rings is 1. The molecule has 1 aromatic carbocycles. The van der Waals surface area contributed by atoms with Crippen LogP contribution in [-0.2, 0) is 6.54 Å². The van der Waals surface area contributed by atoms with Crippen molar-refractivity contribution in [1.82, 2.24) is 4.57 Å². The summed E-state index contributed by atoms with van der Waals surface area (Å²) in [5, 5.41) is 0. The maximum Gasteiger partial charge on any atom is 0.250 e. The van der Waals surface area contributed by atoms with Crippen LogP contribution in [0.5, 0.6) is 0 Å². The molecule has 0 radical (unpaired) electrons. The van der Waals surface area contributed by atoms with Crippen LogP contribution in [0, 0.1) is 25.6 Å². The number of nitrogens with zero attached hydrogens (tertiary/aromatic N) is 1. The number of carbonyl (C=O) groups excluding carboxylic acids is 1. The van der Waals surface area contributed by atoms with Gasteiger partial charge in [0.2, 0.25) is 0 Å². The monoisotopic (exact) mass is 328 g/mol. The molecule has 4 heteroatoms. The average molecular weight is 328 g/mol. The van der Waals surface area contributed by atoms with E-state index >= 15 is 0 Å². The molecule has 2 N–H and O–H groups in total. The van der Waals surface area contributed by atoms with E-state index in [-0.39, 0.29) is 5.82 Å². The molecule has 1 saturated carbocycles. The van der Waals surface area contributed by atoms with Crippen LogP contribution in [0.1, 0.15) is 53.7 Å². The summed E-state index contributed by atoms with van der Waals surface area (Å²) < 4.78 is 16.0. The van der Waals surface area contributed by atoms with Gasteiger partial charge < -0.3 is 10.3 Å². The standard InChI is InChI=1S/C20H25FN2O/c1-13-8-9-16(21)10-17(13)19-11-18(20(22)24)14(2)23(19)12-15-6-4-3-5-7-15/h8-11,15H,3-7,12H2,1-2H3,(H2,22,24). The van der Waals surface area contributed by atoms with Crippen LogP contribution in [0.15, 0.2) is 24.3 Å². The van der Waals surface area contributed by atoms with Crippen LogP contribution in [0.25, 0.3) is 11.3 Å². The van der Waals surface area contributed by atoms with Gasteiger partial charge in [0.1, 0.15) is 5.82 Å². The quantitative estimate of drug-likeness (QED) is 0.876. The Morgan fingerprint density at radius 2 is 1.92 bits per heavy atom. The number of aryl methyl sites for hydroxylation is 1. The molecule has 1 aromatic heterocycles. The predicted molar refractivity (Wildman–Crippen MR) is 94.4 cm³/mol. The van der Waals surface area contributed by atoms with Gasteiger partial charge in [0.05, 0.1) is 5.56 Å². The van der Waals surface area contributed by atoms with Crippen LogP contribution < -0.4 is 5.73 Å². The van der Waals surface area contributed by atoms with Gasteiger partial charge in [-0.05, 0) is 56.4 Å². The van der Waals surface area contributed by atoms with Crippen molar-refractivity contribution in [3.05, 3.63) is 46.9 Å². The number of aromatic nitrogens is 1. The van der Waals surface area contributed by atoms with Crippen LogP contribution >= 0.6 is 0 Å². The third-order valence-electron chi connectivity index (χ3n) is 5.27. The number of nitrogens with two attached hydrogens (primary N) is 1. The summed E-state index contributed by atoms with van der Waals surface area (Å²) in [4.78, 5) is 11.8. The number of hydrogen-bond donors (Lipinski definition) is 1. The molecule has 0 spiro atoms. The topological polar surface area (TPSA) is 48.0 Å². The van der Waals surface area contributed by atoms with E-state index in [4.69, 9.17) is 5.73 Å². The minimum absolute atomic E-state index is 0.265. The van der Waals surface area contributed by atoms with Gasteiger partial charge in [-0.25, -0.2) is 4.39 Å². The van der Waals surface area contributed by atoms with Gasteiger partial charge in [0, 0.05) is 23.5 Å². The lowest BCUT2D eigenvalue weighted by atomic mass is 9.89. The minimum Gasteiger partial charge on any atom is -0.366 e. The zero-order chi connectivity index (χ0) is 17.3. The number of carbonyl (C=O) groups is 1. The molecule has 1 aliphatic carbocycles. The minimum atomic E-state index is -0.426. The van der Waals surface area contributed by atoms with Gasteiger partial charge in [0.25, 0.3) is 5.91 Å². The molecule has 0 unspecified atom stereocenters. The van der Waals surface area contributed by atoms with Crippen molar-refractivity contribution in [2.45, 2.75) is 52.5 Å². The van der Waals surface area contributed by atoms with Crippen LogP contribution in [0.2, 0.25) is 0 Å². The average Bonchev–Trinajstić information content (AvgIpc) is 2.88. The molecular weight excluding hydrogens is 303 g/mol. The van der Waals surface area contributed by atoms with E-state index in [1.165, 1.54) is 38.2 Å². The van der Waals surface area contributed by atoms with E-state index in [0.717, 1.165) is 29.1 Å². The third-order valence-corrected chi connectivity index (χ3v) is 5.27. The second-order valence-electron chi connectivity index (χ2n) is 6.97. The molecule has 1 amide bonds. The van der Waals surface area contributed by atoms with Gasteiger partial charge in [-0.2, -0.15) is 0 Å². The fraction of sp³-hybridized carbons (Fsp3) is 0.450. The number of halogens is 1. The molecule has 1 aliphatic rings. The van der Waals surface area contributed by atoms with Crippen molar-refractivity contribution in [3.63, 3.8) is 0 Å². The van der Waals surface area contributed by atoms with Crippen LogP contribution in [0.4, 0.5) is 4.39 Å². The van der Waals surface area contributed by atoms with Gasteiger partial charge in [-0.3, -0.25) is 4.79 Å². The summed E-state index contributed by atoms with van der Waals surface area (Å²) in [5.41, 5.74) is 9.69. The molecule has 0 bridgehead atoms. The third kappa shape index (κ3) is 3.23. The molecule has 3 nitrogen and oxygen atoms in total. The zero-order valence-electron chi connectivity index (χ0n) is 14.4. The van der Waals surface area contributed by atoms with Crippen LogP contribution in [-0.4, -0.2) is 10.5 Å². The van der Waals surface area contributed by atoms with E-state index in [0.29, 0.717) is 11.5 Å². The Labute approximate surface area is 142 Å². The SMILES string of the molecule is Cc1ccc(F)cc1-c1cc(C(N)=O)c(C)n1CC1CCCCC1. The summed E-state index contributed by atoms with van der Waals surface area (Å²) in [5.74, 6) is -0.0808. The molecule has 0 saturated heterocycles. The van der Waals surface area contributed by atoms with Gasteiger partial charge in [0.15, 0.2) is 0 Å². The number of primary amides is 1. The van der Waals surface area contributed by atoms with Crippen molar-refractivity contribution in [1.29, 1.82) is 0 Å². The van der Waals surface area contributed by atoms with E-state index in [9.17, 15) is 9.18 Å². The molecule has 2 aromatic rings. The zero-order valence-corrected chi connectivity index (χ0v) is 14.4. The second-order valence-corrected chi connectivity index (χ2v) is 6.97. The van der Waals surface area contributed by atoms with Crippen molar-refractivity contribution in [3.8, 4) is 11.3 Å². The van der Waals surface area contributed by atoms with Crippen molar-refractivity contribution < 1.29 is 9.18 Å². The molecule has 24 heavy (non-hydrogen) atoms. The highest BCUT2D eigenvalue weighted by Gasteiger charge is 2.21. The highest BCUT2D eigenvalue weighted by molar-refractivity contribution is 5.95. The Balaban J connectivity index is 2.08. The Kier molecular flexibility index (Phi) is 4.74. The summed E-state index contributed by atoms with van der Waals surface area (Å²) in [7, 11) is 0. The molecule has 0 aliphatic heterocycles. The summed E-state index contributed by atoms with van der Waals surface area (Å²) in [6.45, 7) is 4.76.